The molecule has 0 amide bonds. The molecule has 0 radical (unpaired) electrons. The maximum atomic E-state index is 12.7. The van der Waals surface area contributed by atoms with E-state index < -0.39 is 11.8 Å². The van der Waals surface area contributed by atoms with Gasteiger partial charge >= 0.3 is 5.97 Å². The highest BCUT2D eigenvalue weighted by atomic mass is 19.1. The van der Waals surface area contributed by atoms with Crippen LogP contribution >= 0.6 is 0 Å². The largest absolute Gasteiger partial charge is 0.462 e. The molecule has 0 aliphatic rings. The van der Waals surface area contributed by atoms with Crippen LogP contribution in [0.2, 0.25) is 0 Å². The zero-order chi connectivity index (χ0) is 11.8. The van der Waals surface area contributed by atoms with Gasteiger partial charge in [-0.2, -0.15) is 0 Å². The second kappa shape index (κ2) is 6.81. The summed E-state index contributed by atoms with van der Waals surface area (Å²) in [7, 11) is 0. The van der Waals surface area contributed by atoms with Gasteiger partial charge in [0.05, 0.1) is 17.9 Å². The standard InChI is InChI=1S/C9H10FNO2.C2H6/c1-2-13-9(12)6-3-4-7(10)8(11)5-6;1-2/h3-5H,2,11H2,1H3;1-2H3. The molecule has 1 aromatic carbocycles. The van der Waals surface area contributed by atoms with E-state index in [1.807, 2.05) is 13.8 Å². The van der Waals surface area contributed by atoms with Crippen LogP contribution < -0.4 is 5.73 Å². The number of hydrogen-bond donors (Lipinski definition) is 1. The van der Waals surface area contributed by atoms with E-state index in [1.54, 1.807) is 6.92 Å². The van der Waals surface area contributed by atoms with Gasteiger partial charge in [0.2, 0.25) is 0 Å². The van der Waals surface area contributed by atoms with Gasteiger partial charge in [-0.15, -0.1) is 0 Å². The van der Waals surface area contributed by atoms with Crippen molar-refractivity contribution in [1.29, 1.82) is 0 Å². The van der Waals surface area contributed by atoms with E-state index in [4.69, 9.17) is 10.5 Å². The highest BCUT2D eigenvalue weighted by molar-refractivity contribution is 5.90. The third kappa shape index (κ3) is 3.97. The number of anilines is 1. The minimum atomic E-state index is -0.534. The van der Waals surface area contributed by atoms with Gasteiger partial charge in [-0.05, 0) is 25.1 Å². The molecule has 84 valence electrons. The predicted molar refractivity (Wildman–Crippen MR) is 58.1 cm³/mol. The van der Waals surface area contributed by atoms with Gasteiger partial charge in [0.1, 0.15) is 5.82 Å². The fourth-order valence-corrected chi connectivity index (χ4v) is 0.885. The number of rotatable bonds is 2. The molecule has 4 heteroatoms. The van der Waals surface area contributed by atoms with Gasteiger partial charge < -0.3 is 10.5 Å². The number of ether oxygens (including phenoxy) is 1. The van der Waals surface area contributed by atoms with E-state index in [1.165, 1.54) is 12.1 Å². The van der Waals surface area contributed by atoms with Crippen molar-refractivity contribution in [3.8, 4) is 0 Å². The summed E-state index contributed by atoms with van der Waals surface area (Å²) in [4.78, 5) is 11.1. The molecule has 1 rings (SSSR count). The van der Waals surface area contributed by atoms with Crippen LogP contribution in [-0.2, 0) is 4.74 Å². The van der Waals surface area contributed by atoms with Crippen LogP contribution in [0.4, 0.5) is 10.1 Å². The third-order valence-electron chi connectivity index (χ3n) is 1.51. The molecule has 0 fully saturated rings. The summed E-state index contributed by atoms with van der Waals surface area (Å²) in [6.07, 6.45) is 0. The summed E-state index contributed by atoms with van der Waals surface area (Å²) >= 11 is 0. The SMILES string of the molecule is CC.CCOC(=O)c1ccc(F)c(N)c1. The smallest absolute Gasteiger partial charge is 0.338 e. The summed E-state index contributed by atoms with van der Waals surface area (Å²) in [6.45, 7) is 5.99. The molecular formula is C11H16FNO2. The predicted octanol–water partition coefficient (Wildman–Crippen LogP) is 2.61. The van der Waals surface area contributed by atoms with Crippen molar-refractivity contribution in [2.45, 2.75) is 20.8 Å². The fraction of sp³-hybridized carbons (Fsp3) is 0.364. The van der Waals surface area contributed by atoms with Gasteiger partial charge in [0.15, 0.2) is 0 Å². The van der Waals surface area contributed by atoms with Crippen LogP contribution in [0.15, 0.2) is 18.2 Å². The van der Waals surface area contributed by atoms with Gasteiger partial charge in [0.25, 0.3) is 0 Å². The Bertz CT molecular complexity index is 326. The van der Waals surface area contributed by atoms with E-state index in [0.717, 1.165) is 6.07 Å². The summed E-state index contributed by atoms with van der Waals surface area (Å²) in [5, 5.41) is 0. The van der Waals surface area contributed by atoms with Gasteiger partial charge in [0, 0.05) is 0 Å². The lowest BCUT2D eigenvalue weighted by Gasteiger charge is -2.02. The molecule has 2 N–H and O–H groups in total. The first-order valence-corrected chi connectivity index (χ1v) is 4.87. The molecule has 1 aromatic rings. The van der Waals surface area contributed by atoms with Crippen LogP contribution in [0.3, 0.4) is 0 Å². The van der Waals surface area contributed by atoms with E-state index in [-0.39, 0.29) is 17.9 Å². The summed E-state index contributed by atoms with van der Waals surface area (Å²) in [5.41, 5.74) is 5.49. The molecular weight excluding hydrogens is 197 g/mol. The Labute approximate surface area is 89.0 Å². The Balaban J connectivity index is 0.000000921. The molecule has 3 nitrogen and oxygen atoms in total. The number of esters is 1. The number of hydrogen-bond acceptors (Lipinski definition) is 3. The molecule has 0 aliphatic heterocycles. The summed E-state index contributed by atoms with van der Waals surface area (Å²) < 4.78 is 17.4. The van der Waals surface area contributed by atoms with Crippen LogP contribution in [0, 0.1) is 5.82 Å². The molecule has 0 saturated heterocycles. The maximum Gasteiger partial charge on any atom is 0.338 e. The first kappa shape index (κ1) is 13.4. The van der Waals surface area contributed by atoms with E-state index in [9.17, 15) is 9.18 Å². The van der Waals surface area contributed by atoms with Gasteiger partial charge in [-0.3, -0.25) is 0 Å². The van der Waals surface area contributed by atoms with E-state index in [0.29, 0.717) is 0 Å². The molecule has 0 bridgehead atoms. The van der Waals surface area contributed by atoms with Crippen LogP contribution in [0.5, 0.6) is 0 Å². The maximum absolute atomic E-state index is 12.7. The lowest BCUT2D eigenvalue weighted by atomic mass is 10.2. The van der Waals surface area contributed by atoms with Crippen molar-refractivity contribution in [1.82, 2.24) is 0 Å². The second-order valence-corrected chi connectivity index (χ2v) is 2.46. The number of nitrogens with two attached hydrogens (primary N) is 1. The van der Waals surface area contributed by atoms with Crippen molar-refractivity contribution in [2.75, 3.05) is 12.3 Å². The van der Waals surface area contributed by atoms with Crippen molar-refractivity contribution in [3.63, 3.8) is 0 Å². The number of carbonyl (C=O) groups excluding carboxylic acids is 1. The average Bonchev–Trinajstić information content (AvgIpc) is 2.25. The number of halogens is 1. The van der Waals surface area contributed by atoms with Crippen LogP contribution in [-0.4, -0.2) is 12.6 Å². The number of nitrogen functional groups attached to an aromatic ring is 1. The van der Waals surface area contributed by atoms with Crippen LogP contribution in [0.1, 0.15) is 31.1 Å². The Morgan fingerprint density at radius 3 is 2.53 bits per heavy atom. The minimum Gasteiger partial charge on any atom is -0.462 e. The fourth-order valence-electron chi connectivity index (χ4n) is 0.885. The number of carbonyl (C=O) groups is 1. The molecule has 0 spiro atoms. The average molecular weight is 213 g/mol. The molecule has 0 aliphatic carbocycles. The Kier molecular flexibility index (Phi) is 6.09. The molecule has 0 heterocycles. The summed E-state index contributed by atoms with van der Waals surface area (Å²) in [5.74, 6) is -1.03. The minimum absolute atomic E-state index is 0.0504. The van der Waals surface area contributed by atoms with Crippen molar-refractivity contribution in [3.05, 3.63) is 29.6 Å². The molecule has 0 aromatic heterocycles. The van der Waals surface area contributed by atoms with E-state index >= 15 is 0 Å². The highest BCUT2D eigenvalue weighted by Gasteiger charge is 2.07. The van der Waals surface area contributed by atoms with Crippen molar-refractivity contribution in [2.24, 2.45) is 0 Å². The monoisotopic (exact) mass is 213 g/mol. The molecule has 0 saturated carbocycles. The van der Waals surface area contributed by atoms with Gasteiger partial charge in [-0.25, -0.2) is 9.18 Å². The normalized spacial score (nSPS) is 8.80. The molecule has 0 atom stereocenters. The van der Waals surface area contributed by atoms with Crippen molar-refractivity contribution < 1.29 is 13.9 Å². The topological polar surface area (TPSA) is 52.3 Å². The Hall–Kier alpha value is -1.58. The first-order valence-electron chi connectivity index (χ1n) is 4.87. The summed E-state index contributed by atoms with van der Waals surface area (Å²) in [6, 6.07) is 3.73. The third-order valence-corrected chi connectivity index (χ3v) is 1.51. The quantitative estimate of drug-likeness (QED) is 0.607. The highest BCUT2D eigenvalue weighted by Crippen LogP contribution is 2.12. The van der Waals surface area contributed by atoms with Gasteiger partial charge in [-0.1, -0.05) is 13.8 Å². The lowest BCUT2D eigenvalue weighted by Crippen LogP contribution is -2.05. The lowest BCUT2D eigenvalue weighted by molar-refractivity contribution is 0.0526. The zero-order valence-corrected chi connectivity index (χ0v) is 9.21. The number of benzene rings is 1. The second-order valence-electron chi connectivity index (χ2n) is 2.46. The Morgan fingerprint density at radius 1 is 1.47 bits per heavy atom. The molecule has 0 unspecified atom stereocenters. The van der Waals surface area contributed by atoms with E-state index in [2.05, 4.69) is 0 Å². The Morgan fingerprint density at radius 2 is 2.07 bits per heavy atom. The van der Waals surface area contributed by atoms with Crippen LogP contribution in [0.25, 0.3) is 0 Å². The van der Waals surface area contributed by atoms with Crippen molar-refractivity contribution >= 4 is 11.7 Å². The zero-order valence-electron chi connectivity index (χ0n) is 9.21. The molecule has 15 heavy (non-hydrogen) atoms. The first-order chi connectivity index (χ1) is 7.15.